The van der Waals surface area contributed by atoms with Gasteiger partial charge in [0, 0.05) is 11.4 Å². The number of rotatable bonds is 6. The van der Waals surface area contributed by atoms with E-state index in [2.05, 4.69) is 46.4 Å². The minimum Gasteiger partial charge on any atom is -0.353 e. The molecule has 2 aromatic heterocycles. The van der Waals surface area contributed by atoms with Crippen molar-refractivity contribution in [3.63, 3.8) is 0 Å². The first-order valence-corrected chi connectivity index (χ1v) is 10.5. The number of carbonyl (C=O) groups excluding carboxylic acids is 1. The number of likely N-dealkylation sites (N-methyl/N-ethyl adjacent to an activating group) is 1. The van der Waals surface area contributed by atoms with Crippen molar-refractivity contribution in [2.45, 2.75) is 40.3 Å². The van der Waals surface area contributed by atoms with Crippen LogP contribution in [0.5, 0.6) is 0 Å². The van der Waals surface area contributed by atoms with Crippen molar-refractivity contribution in [2.75, 3.05) is 20.6 Å². The molecule has 0 aliphatic heterocycles. The summed E-state index contributed by atoms with van der Waals surface area (Å²) in [6.07, 6.45) is 0. The van der Waals surface area contributed by atoms with Crippen molar-refractivity contribution in [1.29, 1.82) is 0 Å². The second kappa shape index (κ2) is 8.47. The molecule has 1 atom stereocenters. The van der Waals surface area contributed by atoms with Gasteiger partial charge in [0.1, 0.15) is 17.2 Å². The molecule has 0 aliphatic carbocycles. The van der Waals surface area contributed by atoms with E-state index < -0.39 is 0 Å². The van der Waals surface area contributed by atoms with Crippen molar-refractivity contribution in [1.82, 2.24) is 19.8 Å². The van der Waals surface area contributed by atoms with Crippen molar-refractivity contribution < 1.29 is 4.79 Å². The number of nitrogens with zero attached hydrogens (tertiary/aromatic N) is 3. The summed E-state index contributed by atoms with van der Waals surface area (Å²) >= 11 is 1.52. The molecule has 0 spiro atoms. The van der Waals surface area contributed by atoms with Gasteiger partial charge in [-0.3, -0.25) is 14.2 Å². The molecule has 0 bridgehead atoms. The standard InChI is InChI=1S/C22H28N4O2S/c1-13-7-9-17(10-8-13)18(25(5)6)11-23-19(27)12-26-16(4)24-21-20(22(26)28)14(2)15(3)29-21/h7-10,18H,11-12H2,1-6H3,(H,23,27). The average molecular weight is 413 g/mol. The lowest BCUT2D eigenvalue weighted by Gasteiger charge is -2.25. The summed E-state index contributed by atoms with van der Waals surface area (Å²) in [5.74, 6) is 0.363. The summed E-state index contributed by atoms with van der Waals surface area (Å²) in [5, 5.41) is 3.60. The van der Waals surface area contributed by atoms with Crippen LogP contribution in [0.2, 0.25) is 0 Å². The molecule has 1 unspecified atom stereocenters. The van der Waals surface area contributed by atoms with E-state index >= 15 is 0 Å². The maximum absolute atomic E-state index is 13.0. The van der Waals surface area contributed by atoms with Crippen molar-refractivity contribution in [3.05, 3.63) is 62.0 Å². The normalized spacial score (nSPS) is 12.5. The Labute approximate surface area is 175 Å². The molecule has 3 aromatic rings. The van der Waals surface area contributed by atoms with Crippen LogP contribution in [0.4, 0.5) is 0 Å². The number of amides is 1. The van der Waals surface area contributed by atoms with Gasteiger partial charge in [0.15, 0.2) is 0 Å². The third kappa shape index (κ3) is 4.41. The predicted molar refractivity (Wildman–Crippen MR) is 119 cm³/mol. The quantitative estimate of drug-likeness (QED) is 0.676. The van der Waals surface area contributed by atoms with Gasteiger partial charge in [-0.1, -0.05) is 29.8 Å². The minimum absolute atomic E-state index is 0.0318. The second-order valence-corrected chi connectivity index (χ2v) is 8.91. The van der Waals surface area contributed by atoms with Crippen LogP contribution < -0.4 is 10.9 Å². The number of hydrogen-bond donors (Lipinski definition) is 1. The van der Waals surface area contributed by atoms with Gasteiger partial charge in [0.2, 0.25) is 5.91 Å². The molecular weight excluding hydrogens is 384 g/mol. The highest BCUT2D eigenvalue weighted by Gasteiger charge is 2.18. The molecule has 3 rings (SSSR count). The molecule has 0 aliphatic rings. The fourth-order valence-electron chi connectivity index (χ4n) is 3.41. The number of carbonyl (C=O) groups is 1. The first kappa shape index (κ1) is 21.2. The maximum Gasteiger partial charge on any atom is 0.263 e. The van der Waals surface area contributed by atoms with E-state index in [1.54, 1.807) is 6.92 Å². The Bertz CT molecular complexity index is 1100. The lowest BCUT2D eigenvalue weighted by Crippen LogP contribution is -2.38. The molecule has 2 heterocycles. The highest BCUT2D eigenvalue weighted by atomic mass is 32.1. The van der Waals surface area contributed by atoms with Gasteiger partial charge >= 0.3 is 0 Å². The third-order valence-electron chi connectivity index (χ3n) is 5.36. The van der Waals surface area contributed by atoms with Crippen LogP contribution in [0.25, 0.3) is 10.2 Å². The van der Waals surface area contributed by atoms with Crippen molar-refractivity contribution >= 4 is 27.5 Å². The Morgan fingerprint density at radius 3 is 2.45 bits per heavy atom. The van der Waals surface area contributed by atoms with Gasteiger partial charge < -0.3 is 10.2 Å². The largest absolute Gasteiger partial charge is 0.353 e. The molecule has 0 saturated carbocycles. The summed E-state index contributed by atoms with van der Waals surface area (Å²) in [7, 11) is 3.98. The number of nitrogens with one attached hydrogen (secondary N) is 1. The van der Waals surface area contributed by atoms with E-state index in [9.17, 15) is 9.59 Å². The fraction of sp³-hybridized carbons (Fsp3) is 0.409. The van der Waals surface area contributed by atoms with E-state index in [0.717, 1.165) is 20.8 Å². The van der Waals surface area contributed by atoms with E-state index in [4.69, 9.17) is 0 Å². The zero-order valence-electron chi connectivity index (χ0n) is 17.9. The van der Waals surface area contributed by atoms with E-state index in [1.807, 2.05) is 27.9 Å². The van der Waals surface area contributed by atoms with E-state index in [1.165, 1.54) is 21.5 Å². The zero-order chi connectivity index (χ0) is 21.3. The van der Waals surface area contributed by atoms with E-state index in [0.29, 0.717) is 17.8 Å². The summed E-state index contributed by atoms with van der Waals surface area (Å²) < 4.78 is 1.47. The number of benzene rings is 1. The summed E-state index contributed by atoms with van der Waals surface area (Å²) in [5.41, 5.74) is 3.14. The Morgan fingerprint density at radius 1 is 1.17 bits per heavy atom. The molecule has 0 saturated heterocycles. The SMILES string of the molecule is Cc1ccc(C(CNC(=O)Cn2c(C)nc3sc(C)c(C)c3c2=O)N(C)C)cc1. The van der Waals surface area contributed by atoms with Gasteiger partial charge in [0.25, 0.3) is 5.56 Å². The molecule has 0 fully saturated rings. The van der Waals surface area contributed by atoms with Crippen molar-refractivity contribution in [2.24, 2.45) is 0 Å². The predicted octanol–water partition coefficient (Wildman–Crippen LogP) is 3.11. The number of fused-ring (bicyclic) bond motifs is 1. The smallest absolute Gasteiger partial charge is 0.263 e. The molecule has 6 nitrogen and oxygen atoms in total. The monoisotopic (exact) mass is 412 g/mol. The second-order valence-electron chi connectivity index (χ2n) is 7.71. The van der Waals surface area contributed by atoms with Gasteiger partial charge in [-0.15, -0.1) is 11.3 Å². The molecule has 7 heteroatoms. The van der Waals surface area contributed by atoms with Crippen LogP contribution in [0, 0.1) is 27.7 Å². The van der Waals surface area contributed by atoms with Gasteiger partial charge in [-0.25, -0.2) is 4.98 Å². The molecule has 1 amide bonds. The van der Waals surface area contributed by atoms with Gasteiger partial charge in [-0.2, -0.15) is 0 Å². The maximum atomic E-state index is 13.0. The Balaban J connectivity index is 1.77. The Kier molecular flexibility index (Phi) is 6.19. The van der Waals surface area contributed by atoms with Crippen LogP contribution in [-0.4, -0.2) is 41.0 Å². The highest BCUT2D eigenvalue weighted by Crippen LogP contribution is 2.26. The molecule has 154 valence electrons. The van der Waals surface area contributed by atoms with Crippen LogP contribution in [0.1, 0.15) is 33.4 Å². The van der Waals surface area contributed by atoms with Crippen molar-refractivity contribution in [3.8, 4) is 0 Å². The zero-order valence-corrected chi connectivity index (χ0v) is 18.7. The summed E-state index contributed by atoms with van der Waals surface area (Å²) in [6.45, 7) is 8.18. The first-order chi connectivity index (χ1) is 13.7. The Morgan fingerprint density at radius 2 is 1.83 bits per heavy atom. The number of aryl methyl sites for hydroxylation is 4. The highest BCUT2D eigenvalue weighted by molar-refractivity contribution is 7.18. The number of thiophene rings is 1. The summed E-state index contributed by atoms with van der Waals surface area (Å²) in [4.78, 5) is 34.0. The minimum atomic E-state index is -0.195. The summed E-state index contributed by atoms with van der Waals surface area (Å²) in [6, 6.07) is 8.37. The van der Waals surface area contributed by atoms with Crippen LogP contribution in [0.3, 0.4) is 0 Å². The lowest BCUT2D eigenvalue weighted by molar-refractivity contribution is -0.122. The number of hydrogen-bond acceptors (Lipinski definition) is 5. The van der Waals surface area contributed by atoms with Crippen LogP contribution in [0.15, 0.2) is 29.1 Å². The molecule has 0 radical (unpaired) electrons. The molecule has 1 aromatic carbocycles. The lowest BCUT2D eigenvalue weighted by atomic mass is 10.0. The van der Waals surface area contributed by atoms with Gasteiger partial charge in [-0.05, 0) is 52.9 Å². The average Bonchev–Trinajstić information content (AvgIpc) is 2.93. The first-order valence-electron chi connectivity index (χ1n) is 9.66. The Hall–Kier alpha value is -2.51. The molecule has 29 heavy (non-hydrogen) atoms. The van der Waals surface area contributed by atoms with Crippen LogP contribution >= 0.6 is 11.3 Å². The molecule has 1 N–H and O–H groups in total. The molecular formula is C22H28N4O2S. The van der Waals surface area contributed by atoms with Gasteiger partial charge in [0.05, 0.1) is 11.4 Å². The van der Waals surface area contributed by atoms with Crippen LogP contribution in [-0.2, 0) is 11.3 Å². The fourth-order valence-corrected chi connectivity index (χ4v) is 4.48. The number of aromatic nitrogens is 2. The topological polar surface area (TPSA) is 67.2 Å². The third-order valence-corrected chi connectivity index (χ3v) is 6.46. The van der Waals surface area contributed by atoms with E-state index in [-0.39, 0.29) is 24.1 Å².